The van der Waals surface area contributed by atoms with E-state index in [4.69, 9.17) is 24.2 Å². The molecule has 0 atom stereocenters. The highest BCUT2D eigenvalue weighted by atomic mass is 79.9. The van der Waals surface area contributed by atoms with Crippen LogP contribution in [-0.4, -0.2) is 37.5 Å². The third-order valence-electron chi connectivity index (χ3n) is 5.77. The van der Waals surface area contributed by atoms with Crippen molar-refractivity contribution in [1.82, 2.24) is 15.3 Å². The molecule has 5 rings (SSSR count). The maximum atomic E-state index is 5.85. The van der Waals surface area contributed by atoms with Crippen molar-refractivity contribution in [2.75, 3.05) is 27.5 Å². The van der Waals surface area contributed by atoms with Gasteiger partial charge in [0.1, 0.15) is 0 Å². The van der Waals surface area contributed by atoms with E-state index in [2.05, 4.69) is 39.4 Å². The zero-order chi connectivity index (χ0) is 22.8. The van der Waals surface area contributed by atoms with E-state index in [0.29, 0.717) is 17.9 Å². The Bertz CT molecular complexity index is 1310. The normalized spacial score (nSPS) is 12.0. The smallest absolute Gasteiger partial charge is 0.231 e. The molecule has 0 bridgehead atoms. The van der Waals surface area contributed by atoms with Crippen LogP contribution in [0.15, 0.2) is 59.1 Å². The predicted octanol–water partition coefficient (Wildman–Crippen LogP) is 5.73. The van der Waals surface area contributed by atoms with E-state index in [1.165, 1.54) is 0 Å². The minimum absolute atomic E-state index is 0. The Balaban J connectivity index is 0.00000274. The third kappa shape index (κ3) is 4.76. The van der Waals surface area contributed by atoms with Crippen molar-refractivity contribution in [2.24, 2.45) is 0 Å². The van der Waals surface area contributed by atoms with Crippen molar-refractivity contribution in [3.8, 4) is 28.5 Å². The average molecular weight is 587 g/mol. The third-order valence-corrected chi connectivity index (χ3v) is 6.30. The Morgan fingerprint density at radius 1 is 1.03 bits per heavy atom. The summed E-state index contributed by atoms with van der Waals surface area (Å²) in [6.45, 7) is 1.03. The van der Waals surface area contributed by atoms with Gasteiger partial charge in [-0.2, -0.15) is 0 Å². The van der Waals surface area contributed by atoms with Crippen LogP contribution in [0.25, 0.3) is 22.3 Å². The number of likely N-dealkylation sites (N-methyl/N-ethyl adjacent to an activating group) is 1. The molecule has 0 saturated carbocycles. The van der Waals surface area contributed by atoms with Gasteiger partial charge in [-0.05, 0) is 55.9 Å². The van der Waals surface area contributed by atoms with E-state index in [1.54, 1.807) is 7.11 Å². The second kappa shape index (κ2) is 10.7. The standard InChI is InChI=1S/C26H24BrN3O3.BrH/c1-28-12-11-17-13-23-26(33-15-32-23)25(31-2)19(17)14-22-24(16-7-9-18(27)10-8-16)30-21-6-4-3-5-20(21)29-22;/h3-10,13,28H,11-12,14-15H2,1-2H3;1H. The minimum atomic E-state index is 0. The van der Waals surface area contributed by atoms with Gasteiger partial charge in [0.15, 0.2) is 11.5 Å². The number of hydrogen-bond acceptors (Lipinski definition) is 6. The lowest BCUT2D eigenvalue weighted by Crippen LogP contribution is -2.13. The Hall–Kier alpha value is -2.68. The number of ether oxygens (including phenoxy) is 3. The summed E-state index contributed by atoms with van der Waals surface area (Å²) in [6, 6.07) is 18.2. The van der Waals surface area contributed by atoms with Crippen LogP contribution in [0.3, 0.4) is 0 Å². The zero-order valence-corrected chi connectivity index (χ0v) is 22.2. The summed E-state index contributed by atoms with van der Waals surface area (Å²) in [6.07, 6.45) is 1.38. The van der Waals surface area contributed by atoms with Gasteiger partial charge >= 0.3 is 0 Å². The molecule has 3 aromatic carbocycles. The number of fused-ring (bicyclic) bond motifs is 2. The van der Waals surface area contributed by atoms with E-state index >= 15 is 0 Å². The molecule has 2 heterocycles. The van der Waals surface area contributed by atoms with Crippen molar-refractivity contribution in [3.63, 3.8) is 0 Å². The van der Waals surface area contributed by atoms with Crippen LogP contribution in [0.4, 0.5) is 0 Å². The number of methoxy groups -OCH3 is 1. The summed E-state index contributed by atoms with van der Waals surface area (Å²) in [4.78, 5) is 10.0. The lowest BCUT2D eigenvalue weighted by atomic mass is 9.95. The molecule has 4 aromatic rings. The van der Waals surface area contributed by atoms with Crippen molar-refractivity contribution in [3.05, 3.63) is 75.9 Å². The van der Waals surface area contributed by atoms with Crippen molar-refractivity contribution < 1.29 is 14.2 Å². The first-order valence-electron chi connectivity index (χ1n) is 10.8. The van der Waals surface area contributed by atoms with Crippen LogP contribution < -0.4 is 19.5 Å². The molecule has 0 saturated heterocycles. The van der Waals surface area contributed by atoms with Crippen LogP contribution >= 0.6 is 32.9 Å². The molecule has 6 nitrogen and oxygen atoms in total. The highest BCUT2D eigenvalue weighted by Crippen LogP contribution is 2.46. The molecule has 0 radical (unpaired) electrons. The summed E-state index contributed by atoms with van der Waals surface area (Å²) < 4.78 is 18.3. The lowest BCUT2D eigenvalue weighted by Gasteiger charge is -2.18. The van der Waals surface area contributed by atoms with Gasteiger partial charge in [0.05, 0.1) is 29.5 Å². The summed E-state index contributed by atoms with van der Waals surface area (Å²) in [5.74, 6) is 2.08. The second-order valence-electron chi connectivity index (χ2n) is 7.83. The van der Waals surface area contributed by atoms with E-state index in [1.807, 2.05) is 43.4 Å². The number of benzene rings is 3. The molecule has 1 aliphatic heterocycles. The summed E-state index contributed by atoms with van der Waals surface area (Å²) in [7, 11) is 3.62. The molecule has 0 unspecified atom stereocenters. The average Bonchev–Trinajstić information content (AvgIpc) is 3.31. The molecule has 1 aromatic heterocycles. The number of nitrogens with zero attached hydrogens (tertiary/aromatic N) is 2. The van der Waals surface area contributed by atoms with Gasteiger partial charge < -0.3 is 19.5 Å². The molecule has 176 valence electrons. The van der Waals surface area contributed by atoms with Gasteiger partial charge in [-0.25, -0.2) is 9.97 Å². The Morgan fingerprint density at radius 3 is 2.47 bits per heavy atom. The van der Waals surface area contributed by atoms with E-state index in [9.17, 15) is 0 Å². The van der Waals surface area contributed by atoms with Crippen LogP contribution in [0, 0.1) is 0 Å². The number of rotatable bonds is 7. The van der Waals surface area contributed by atoms with Gasteiger partial charge in [0.2, 0.25) is 12.5 Å². The van der Waals surface area contributed by atoms with Gasteiger partial charge in [-0.1, -0.05) is 40.2 Å². The zero-order valence-electron chi connectivity index (χ0n) is 18.9. The first-order valence-corrected chi connectivity index (χ1v) is 11.6. The Kier molecular flexibility index (Phi) is 7.70. The second-order valence-corrected chi connectivity index (χ2v) is 8.74. The Morgan fingerprint density at radius 2 is 1.76 bits per heavy atom. The molecule has 0 spiro atoms. The molecule has 34 heavy (non-hydrogen) atoms. The van der Waals surface area contributed by atoms with Gasteiger partial charge in [0.25, 0.3) is 0 Å². The fraction of sp³-hybridized carbons (Fsp3) is 0.231. The predicted molar refractivity (Wildman–Crippen MR) is 143 cm³/mol. The molecule has 0 fully saturated rings. The van der Waals surface area contributed by atoms with E-state index in [-0.39, 0.29) is 23.8 Å². The lowest BCUT2D eigenvalue weighted by molar-refractivity contribution is 0.171. The number of nitrogens with one attached hydrogen (secondary N) is 1. The highest BCUT2D eigenvalue weighted by Gasteiger charge is 2.26. The van der Waals surface area contributed by atoms with Crippen LogP contribution in [0.5, 0.6) is 17.2 Å². The number of para-hydroxylation sites is 2. The monoisotopic (exact) mass is 585 g/mol. The maximum absolute atomic E-state index is 5.85. The van der Waals surface area contributed by atoms with Crippen LogP contribution in [-0.2, 0) is 12.8 Å². The molecular formula is C26H25Br2N3O3. The van der Waals surface area contributed by atoms with E-state index < -0.39 is 0 Å². The van der Waals surface area contributed by atoms with Crippen LogP contribution in [0.2, 0.25) is 0 Å². The van der Waals surface area contributed by atoms with Gasteiger partial charge in [-0.3, -0.25) is 0 Å². The largest absolute Gasteiger partial charge is 0.492 e. The molecule has 8 heteroatoms. The van der Waals surface area contributed by atoms with E-state index in [0.717, 1.165) is 62.3 Å². The van der Waals surface area contributed by atoms with Crippen molar-refractivity contribution in [2.45, 2.75) is 12.8 Å². The van der Waals surface area contributed by atoms with Gasteiger partial charge in [0, 0.05) is 22.0 Å². The SMILES string of the molecule is Br.CNCCc1cc2c(c(OC)c1Cc1nc3ccccc3nc1-c1ccc(Br)cc1)OCO2. The minimum Gasteiger partial charge on any atom is -0.492 e. The highest BCUT2D eigenvalue weighted by molar-refractivity contribution is 9.10. The molecular weight excluding hydrogens is 562 g/mol. The fourth-order valence-electron chi connectivity index (χ4n) is 4.16. The first-order chi connectivity index (χ1) is 16.2. The molecule has 0 amide bonds. The maximum Gasteiger partial charge on any atom is 0.231 e. The number of halogens is 2. The quantitative estimate of drug-likeness (QED) is 0.298. The van der Waals surface area contributed by atoms with Crippen molar-refractivity contribution >= 4 is 43.9 Å². The summed E-state index contributed by atoms with van der Waals surface area (Å²) >= 11 is 3.53. The van der Waals surface area contributed by atoms with Crippen LogP contribution in [0.1, 0.15) is 16.8 Å². The summed E-state index contributed by atoms with van der Waals surface area (Å²) in [5.41, 5.74) is 6.68. The van der Waals surface area contributed by atoms with Crippen molar-refractivity contribution in [1.29, 1.82) is 0 Å². The molecule has 1 aliphatic rings. The van der Waals surface area contributed by atoms with Gasteiger partial charge in [-0.15, -0.1) is 17.0 Å². The molecule has 0 aliphatic carbocycles. The number of aromatic nitrogens is 2. The first kappa shape index (κ1) is 24.4. The summed E-state index contributed by atoms with van der Waals surface area (Å²) in [5, 5.41) is 3.23. The molecule has 1 N–H and O–H groups in total. The Labute approximate surface area is 217 Å². The topological polar surface area (TPSA) is 65.5 Å². The number of hydrogen-bond donors (Lipinski definition) is 1. The fourth-order valence-corrected chi connectivity index (χ4v) is 4.42.